The Hall–Kier alpha value is -3.24. The molecule has 0 radical (unpaired) electrons. The number of anilines is 1. The number of sulfonamides is 1. The van der Waals surface area contributed by atoms with Gasteiger partial charge in [0.2, 0.25) is 21.8 Å². The molecular formula is C31H37BrFN3O4S. The molecule has 0 unspecified atom stereocenters. The normalized spacial score (nSPS) is 12.8. The molecule has 0 spiro atoms. The summed E-state index contributed by atoms with van der Waals surface area (Å²) in [5, 5.41) is 3.04. The second-order valence-electron chi connectivity index (χ2n) is 10.1. The lowest BCUT2D eigenvalue weighted by molar-refractivity contribution is -0.141. The molecule has 0 saturated carbocycles. The molecule has 0 aromatic heterocycles. The van der Waals surface area contributed by atoms with Crippen LogP contribution in [0, 0.1) is 5.82 Å². The molecule has 0 heterocycles. The molecule has 1 N–H and O–H groups in total. The summed E-state index contributed by atoms with van der Waals surface area (Å²) in [6, 6.07) is 21.5. The fourth-order valence-corrected chi connectivity index (χ4v) is 5.85. The fourth-order valence-electron chi connectivity index (χ4n) is 4.44. The van der Waals surface area contributed by atoms with Gasteiger partial charge < -0.3 is 10.2 Å². The number of hydrogen-bond donors (Lipinski definition) is 1. The summed E-state index contributed by atoms with van der Waals surface area (Å²) in [6.45, 7) is 4.14. The van der Waals surface area contributed by atoms with Crippen LogP contribution in [-0.2, 0) is 32.6 Å². The molecule has 0 aliphatic rings. The Bertz CT molecular complexity index is 1400. The maximum absolute atomic E-state index is 13.9. The van der Waals surface area contributed by atoms with Gasteiger partial charge in [-0.25, -0.2) is 12.8 Å². The van der Waals surface area contributed by atoms with Crippen molar-refractivity contribution in [3.63, 3.8) is 0 Å². The Morgan fingerprint density at radius 2 is 1.63 bits per heavy atom. The van der Waals surface area contributed by atoms with E-state index in [1.807, 2.05) is 68.4 Å². The standard InChI is InChI=1S/C31H37BrFN3O4S/c1-4-23(2)34-31(38)29(21-24-10-6-5-7-11-24)35(22-25-12-8-13-26(32)20-25)30(37)14-9-19-36(41(3,39)40)28-17-15-27(33)16-18-28/h5-8,10-13,15-18,20,23,29H,4,9,14,19,21-22H2,1-3H3,(H,34,38)/t23-,29-/m1/s1. The van der Waals surface area contributed by atoms with E-state index in [0.29, 0.717) is 12.1 Å². The van der Waals surface area contributed by atoms with E-state index in [2.05, 4.69) is 21.2 Å². The lowest BCUT2D eigenvalue weighted by Crippen LogP contribution is -2.52. The maximum atomic E-state index is 13.9. The van der Waals surface area contributed by atoms with Crippen molar-refractivity contribution in [1.29, 1.82) is 0 Å². The zero-order valence-electron chi connectivity index (χ0n) is 23.6. The maximum Gasteiger partial charge on any atom is 0.243 e. The van der Waals surface area contributed by atoms with Crippen molar-refractivity contribution in [2.24, 2.45) is 0 Å². The van der Waals surface area contributed by atoms with Crippen molar-refractivity contribution in [2.75, 3.05) is 17.1 Å². The van der Waals surface area contributed by atoms with Crippen molar-refractivity contribution in [2.45, 2.75) is 58.2 Å². The third-order valence-corrected chi connectivity index (χ3v) is 8.47. The van der Waals surface area contributed by atoms with Gasteiger partial charge in [0.25, 0.3) is 0 Å². The van der Waals surface area contributed by atoms with E-state index in [-0.39, 0.29) is 43.8 Å². The fraction of sp³-hybridized carbons (Fsp3) is 0.355. The minimum absolute atomic E-state index is 0.0170. The third-order valence-electron chi connectivity index (χ3n) is 6.78. The molecule has 7 nitrogen and oxygen atoms in total. The van der Waals surface area contributed by atoms with Crippen LogP contribution in [0.25, 0.3) is 0 Å². The average molecular weight is 647 g/mol. The van der Waals surface area contributed by atoms with Gasteiger partial charge in [-0.3, -0.25) is 13.9 Å². The first kappa shape index (κ1) is 32.3. The molecule has 41 heavy (non-hydrogen) atoms. The Morgan fingerprint density at radius 1 is 0.976 bits per heavy atom. The van der Waals surface area contributed by atoms with Gasteiger partial charge >= 0.3 is 0 Å². The highest BCUT2D eigenvalue weighted by Gasteiger charge is 2.31. The second kappa shape index (κ2) is 15.1. The van der Waals surface area contributed by atoms with Gasteiger partial charge in [-0.1, -0.05) is 65.3 Å². The lowest BCUT2D eigenvalue weighted by atomic mass is 10.0. The molecule has 2 atom stereocenters. The smallest absolute Gasteiger partial charge is 0.243 e. The Balaban J connectivity index is 1.89. The summed E-state index contributed by atoms with van der Waals surface area (Å²) >= 11 is 3.49. The summed E-state index contributed by atoms with van der Waals surface area (Å²) in [5.74, 6) is -0.978. The van der Waals surface area contributed by atoms with Crippen molar-refractivity contribution < 1.29 is 22.4 Å². The molecule has 3 rings (SSSR count). The number of amides is 2. The molecular weight excluding hydrogens is 609 g/mol. The van der Waals surface area contributed by atoms with Crippen molar-refractivity contribution in [3.05, 3.63) is 100 Å². The zero-order valence-corrected chi connectivity index (χ0v) is 26.0. The molecule has 10 heteroatoms. The van der Waals surface area contributed by atoms with E-state index in [0.717, 1.165) is 32.6 Å². The van der Waals surface area contributed by atoms with E-state index in [4.69, 9.17) is 0 Å². The van der Waals surface area contributed by atoms with E-state index < -0.39 is 21.9 Å². The number of hydrogen-bond acceptors (Lipinski definition) is 4. The van der Waals surface area contributed by atoms with Gasteiger partial charge in [0, 0.05) is 36.4 Å². The summed E-state index contributed by atoms with van der Waals surface area (Å²) in [6.07, 6.45) is 2.38. The molecule has 0 fully saturated rings. The summed E-state index contributed by atoms with van der Waals surface area (Å²) in [5.41, 5.74) is 2.09. The number of benzene rings is 3. The second-order valence-corrected chi connectivity index (χ2v) is 12.9. The van der Waals surface area contributed by atoms with Gasteiger partial charge in [0.15, 0.2) is 0 Å². The Kier molecular flexibility index (Phi) is 11.9. The molecule has 3 aromatic carbocycles. The zero-order chi connectivity index (χ0) is 30.0. The summed E-state index contributed by atoms with van der Waals surface area (Å²) in [4.78, 5) is 29.1. The molecule has 220 valence electrons. The van der Waals surface area contributed by atoms with E-state index in [1.54, 1.807) is 4.90 Å². The van der Waals surface area contributed by atoms with Gasteiger partial charge in [-0.2, -0.15) is 0 Å². The van der Waals surface area contributed by atoms with Crippen LogP contribution in [0.15, 0.2) is 83.3 Å². The molecule has 0 aliphatic heterocycles. The average Bonchev–Trinajstić information content (AvgIpc) is 2.93. The molecule has 2 amide bonds. The monoisotopic (exact) mass is 645 g/mol. The van der Waals surface area contributed by atoms with Crippen LogP contribution in [0.4, 0.5) is 10.1 Å². The number of halogens is 2. The van der Waals surface area contributed by atoms with Crippen molar-refractivity contribution >= 4 is 43.5 Å². The first-order chi connectivity index (χ1) is 19.5. The van der Waals surface area contributed by atoms with E-state index >= 15 is 0 Å². The summed E-state index contributed by atoms with van der Waals surface area (Å²) < 4.78 is 40.5. The topological polar surface area (TPSA) is 86.8 Å². The highest BCUT2D eigenvalue weighted by Crippen LogP contribution is 2.21. The number of carbonyl (C=O) groups excluding carboxylic acids is 2. The first-order valence-corrected chi connectivity index (χ1v) is 16.2. The number of carbonyl (C=O) groups is 2. The minimum Gasteiger partial charge on any atom is -0.352 e. The first-order valence-electron chi connectivity index (χ1n) is 13.6. The molecule has 0 aliphatic carbocycles. The van der Waals surface area contributed by atoms with Crippen molar-refractivity contribution in [1.82, 2.24) is 10.2 Å². The van der Waals surface area contributed by atoms with Crippen LogP contribution in [0.5, 0.6) is 0 Å². The third kappa shape index (κ3) is 9.97. The highest BCUT2D eigenvalue weighted by atomic mass is 79.9. The van der Waals surface area contributed by atoms with Crippen LogP contribution in [0.3, 0.4) is 0 Å². The van der Waals surface area contributed by atoms with Crippen LogP contribution in [0.1, 0.15) is 44.2 Å². The molecule has 0 bridgehead atoms. The van der Waals surface area contributed by atoms with Gasteiger partial charge in [0.1, 0.15) is 11.9 Å². The van der Waals surface area contributed by atoms with Crippen LogP contribution >= 0.6 is 15.9 Å². The SMILES string of the molecule is CC[C@@H](C)NC(=O)[C@@H](Cc1ccccc1)N(Cc1cccc(Br)c1)C(=O)CCCN(c1ccc(F)cc1)S(C)(=O)=O. The minimum atomic E-state index is -3.67. The van der Waals surface area contributed by atoms with Gasteiger partial charge in [-0.05, 0) is 67.3 Å². The predicted molar refractivity (Wildman–Crippen MR) is 164 cm³/mol. The van der Waals surface area contributed by atoms with Gasteiger partial charge in [0.05, 0.1) is 11.9 Å². The van der Waals surface area contributed by atoms with Crippen molar-refractivity contribution in [3.8, 4) is 0 Å². The highest BCUT2D eigenvalue weighted by molar-refractivity contribution is 9.10. The lowest BCUT2D eigenvalue weighted by Gasteiger charge is -2.32. The van der Waals surface area contributed by atoms with E-state index in [9.17, 15) is 22.4 Å². The quantitative estimate of drug-likeness (QED) is 0.244. The Morgan fingerprint density at radius 3 is 2.24 bits per heavy atom. The number of rotatable bonds is 14. The largest absolute Gasteiger partial charge is 0.352 e. The van der Waals surface area contributed by atoms with Crippen LogP contribution in [0.2, 0.25) is 0 Å². The molecule has 3 aromatic rings. The van der Waals surface area contributed by atoms with E-state index in [1.165, 1.54) is 24.3 Å². The van der Waals surface area contributed by atoms with Crippen LogP contribution in [-0.4, -0.2) is 50.0 Å². The predicted octanol–water partition coefficient (Wildman–Crippen LogP) is 5.69. The van der Waals surface area contributed by atoms with Crippen LogP contribution < -0.4 is 9.62 Å². The number of nitrogens with zero attached hydrogens (tertiary/aromatic N) is 2. The van der Waals surface area contributed by atoms with Gasteiger partial charge in [-0.15, -0.1) is 0 Å². The number of nitrogens with one attached hydrogen (secondary N) is 1. The summed E-state index contributed by atoms with van der Waals surface area (Å²) in [7, 11) is -3.67. The Labute approximate surface area is 250 Å². The molecule has 0 saturated heterocycles.